The normalized spacial score (nSPS) is 41.4. The van der Waals surface area contributed by atoms with Gasteiger partial charge in [-0.1, -0.05) is 18.9 Å². The summed E-state index contributed by atoms with van der Waals surface area (Å²) in [7, 11) is 0. The van der Waals surface area contributed by atoms with Crippen molar-refractivity contribution in [3.05, 3.63) is 12.7 Å². The van der Waals surface area contributed by atoms with Crippen LogP contribution in [0, 0.1) is 29.6 Å². The van der Waals surface area contributed by atoms with Crippen LogP contribution in [0.2, 0.25) is 0 Å². The van der Waals surface area contributed by atoms with Gasteiger partial charge in [-0.3, -0.25) is 0 Å². The van der Waals surface area contributed by atoms with Gasteiger partial charge in [-0.15, -0.1) is 6.58 Å². The average molecular weight is 262 g/mol. The van der Waals surface area contributed by atoms with Gasteiger partial charge < -0.3 is 5.11 Å². The largest absolute Gasteiger partial charge is 0.393 e. The Kier molecular flexibility index (Phi) is 4.31. The Labute approximate surface area is 118 Å². The molecule has 4 aliphatic rings. The first kappa shape index (κ1) is 13.7. The SMILES string of the molecule is C=CCCCCCC(O)C1C2CC3CC(C2)CC1C3. The average Bonchev–Trinajstić information content (AvgIpc) is 2.37. The fraction of sp³-hybridized carbons (Fsp3) is 0.889. The summed E-state index contributed by atoms with van der Waals surface area (Å²) in [6.45, 7) is 3.77. The third kappa shape index (κ3) is 2.91. The molecule has 0 heterocycles. The number of aliphatic hydroxyl groups excluding tert-OH is 1. The number of unbranched alkanes of at least 4 members (excludes halogenated alkanes) is 3. The summed E-state index contributed by atoms with van der Waals surface area (Å²) >= 11 is 0. The highest BCUT2D eigenvalue weighted by Crippen LogP contribution is 2.57. The Hall–Kier alpha value is -0.300. The molecule has 0 saturated heterocycles. The van der Waals surface area contributed by atoms with E-state index in [1.807, 2.05) is 6.08 Å². The van der Waals surface area contributed by atoms with Crippen molar-refractivity contribution in [3.63, 3.8) is 0 Å². The predicted octanol–water partition coefficient (Wildman–Crippen LogP) is 4.56. The van der Waals surface area contributed by atoms with Crippen molar-refractivity contribution in [2.75, 3.05) is 0 Å². The lowest BCUT2D eigenvalue weighted by Gasteiger charge is -2.55. The molecule has 1 atom stereocenters. The summed E-state index contributed by atoms with van der Waals surface area (Å²) in [6.07, 6.45) is 15.2. The highest BCUT2D eigenvalue weighted by Gasteiger charge is 2.49. The van der Waals surface area contributed by atoms with Crippen molar-refractivity contribution in [1.82, 2.24) is 0 Å². The number of rotatable bonds is 7. The molecule has 0 aromatic rings. The summed E-state index contributed by atoms with van der Waals surface area (Å²) < 4.78 is 0. The third-order valence-corrected chi connectivity index (χ3v) is 6.15. The lowest BCUT2D eigenvalue weighted by atomic mass is 9.50. The third-order valence-electron chi connectivity index (χ3n) is 6.15. The van der Waals surface area contributed by atoms with Gasteiger partial charge in [-0.05, 0) is 81.0 Å². The van der Waals surface area contributed by atoms with Crippen LogP contribution in [0.4, 0.5) is 0 Å². The van der Waals surface area contributed by atoms with Crippen LogP contribution < -0.4 is 0 Å². The van der Waals surface area contributed by atoms with Crippen LogP contribution in [-0.2, 0) is 0 Å². The van der Waals surface area contributed by atoms with Crippen LogP contribution >= 0.6 is 0 Å². The van der Waals surface area contributed by atoms with Gasteiger partial charge in [-0.2, -0.15) is 0 Å². The molecule has 0 spiro atoms. The predicted molar refractivity (Wildman–Crippen MR) is 79.8 cm³/mol. The molecule has 4 bridgehead atoms. The van der Waals surface area contributed by atoms with E-state index < -0.39 is 0 Å². The molecule has 0 aliphatic heterocycles. The van der Waals surface area contributed by atoms with Crippen molar-refractivity contribution in [3.8, 4) is 0 Å². The molecule has 4 saturated carbocycles. The van der Waals surface area contributed by atoms with E-state index in [1.54, 1.807) is 0 Å². The molecule has 1 nitrogen and oxygen atoms in total. The Morgan fingerprint density at radius 1 is 0.947 bits per heavy atom. The summed E-state index contributed by atoms with van der Waals surface area (Å²) in [5, 5.41) is 10.6. The van der Waals surface area contributed by atoms with Crippen LogP contribution in [0.15, 0.2) is 12.7 Å². The minimum absolute atomic E-state index is 0.00117. The van der Waals surface area contributed by atoms with E-state index in [4.69, 9.17) is 0 Å². The van der Waals surface area contributed by atoms with E-state index in [-0.39, 0.29) is 6.10 Å². The van der Waals surface area contributed by atoms with Gasteiger partial charge >= 0.3 is 0 Å². The maximum absolute atomic E-state index is 10.6. The van der Waals surface area contributed by atoms with E-state index in [2.05, 4.69) is 6.58 Å². The summed E-state index contributed by atoms with van der Waals surface area (Å²) in [5.41, 5.74) is 0. The standard InChI is InChI=1S/C18H30O/c1-2-3-4-5-6-7-17(19)18-15-9-13-8-14(11-15)12-16(18)10-13/h2,13-19H,1,3-12H2. The first-order chi connectivity index (χ1) is 9.28. The van der Waals surface area contributed by atoms with Gasteiger partial charge in [0.2, 0.25) is 0 Å². The van der Waals surface area contributed by atoms with Crippen molar-refractivity contribution in [1.29, 1.82) is 0 Å². The quantitative estimate of drug-likeness (QED) is 0.527. The summed E-state index contributed by atoms with van der Waals surface area (Å²) in [6, 6.07) is 0. The Morgan fingerprint density at radius 3 is 2.16 bits per heavy atom. The first-order valence-electron chi connectivity index (χ1n) is 8.57. The summed E-state index contributed by atoms with van der Waals surface area (Å²) in [4.78, 5) is 0. The van der Waals surface area contributed by atoms with Gasteiger partial charge in [-0.25, -0.2) is 0 Å². The van der Waals surface area contributed by atoms with E-state index in [9.17, 15) is 5.11 Å². The zero-order valence-corrected chi connectivity index (χ0v) is 12.3. The molecule has 0 aromatic carbocycles. The zero-order chi connectivity index (χ0) is 13.2. The highest BCUT2D eigenvalue weighted by molar-refractivity contribution is 5.00. The second kappa shape index (κ2) is 5.99. The van der Waals surface area contributed by atoms with Crippen molar-refractivity contribution in [2.24, 2.45) is 29.6 Å². The van der Waals surface area contributed by atoms with Crippen molar-refractivity contribution >= 4 is 0 Å². The summed E-state index contributed by atoms with van der Waals surface area (Å²) in [5.74, 6) is 4.46. The fourth-order valence-corrected chi connectivity index (χ4v) is 5.61. The molecule has 0 aromatic heterocycles. The molecule has 1 unspecified atom stereocenters. The number of aliphatic hydroxyl groups is 1. The molecule has 1 heteroatoms. The Morgan fingerprint density at radius 2 is 1.58 bits per heavy atom. The smallest absolute Gasteiger partial charge is 0.0573 e. The number of hydrogen-bond donors (Lipinski definition) is 1. The van der Waals surface area contributed by atoms with Crippen LogP contribution in [0.3, 0.4) is 0 Å². The second-order valence-corrected chi connectivity index (χ2v) is 7.50. The molecule has 108 valence electrons. The molecule has 19 heavy (non-hydrogen) atoms. The molecule has 4 rings (SSSR count). The highest BCUT2D eigenvalue weighted by atomic mass is 16.3. The zero-order valence-electron chi connectivity index (χ0n) is 12.3. The van der Waals surface area contributed by atoms with Gasteiger partial charge in [0.25, 0.3) is 0 Å². The Bertz CT molecular complexity index is 281. The minimum Gasteiger partial charge on any atom is -0.393 e. The molecule has 4 aliphatic carbocycles. The maximum atomic E-state index is 10.6. The van der Waals surface area contributed by atoms with Crippen LogP contribution in [0.1, 0.15) is 64.2 Å². The molecular weight excluding hydrogens is 232 g/mol. The lowest BCUT2D eigenvalue weighted by Crippen LogP contribution is -2.49. The molecule has 0 radical (unpaired) electrons. The maximum Gasteiger partial charge on any atom is 0.0573 e. The topological polar surface area (TPSA) is 20.2 Å². The monoisotopic (exact) mass is 262 g/mol. The lowest BCUT2D eigenvalue weighted by molar-refractivity contribution is -0.0915. The van der Waals surface area contributed by atoms with Gasteiger partial charge in [0, 0.05) is 0 Å². The Balaban J connectivity index is 1.47. The van der Waals surface area contributed by atoms with Crippen molar-refractivity contribution in [2.45, 2.75) is 70.3 Å². The van der Waals surface area contributed by atoms with E-state index in [1.165, 1.54) is 51.4 Å². The number of hydrogen-bond acceptors (Lipinski definition) is 1. The van der Waals surface area contributed by atoms with Crippen LogP contribution in [0.5, 0.6) is 0 Å². The fourth-order valence-electron chi connectivity index (χ4n) is 5.61. The number of allylic oxidation sites excluding steroid dienone is 1. The van der Waals surface area contributed by atoms with Crippen LogP contribution in [0.25, 0.3) is 0 Å². The minimum atomic E-state index is -0.00117. The van der Waals surface area contributed by atoms with Gasteiger partial charge in [0.15, 0.2) is 0 Å². The first-order valence-corrected chi connectivity index (χ1v) is 8.57. The second-order valence-electron chi connectivity index (χ2n) is 7.50. The van der Waals surface area contributed by atoms with Crippen LogP contribution in [-0.4, -0.2) is 11.2 Å². The molecule has 1 N–H and O–H groups in total. The van der Waals surface area contributed by atoms with E-state index in [0.29, 0.717) is 5.92 Å². The molecule has 4 fully saturated rings. The van der Waals surface area contributed by atoms with Gasteiger partial charge in [0.05, 0.1) is 6.10 Å². The van der Waals surface area contributed by atoms with E-state index in [0.717, 1.165) is 36.5 Å². The van der Waals surface area contributed by atoms with Crippen molar-refractivity contribution < 1.29 is 5.11 Å². The van der Waals surface area contributed by atoms with Gasteiger partial charge in [0.1, 0.15) is 0 Å². The molecular formula is C18H30O. The van der Waals surface area contributed by atoms with E-state index >= 15 is 0 Å². The molecule has 0 amide bonds.